The number of carbonyl (C=O) groups excluding carboxylic acids is 2. The van der Waals surface area contributed by atoms with Gasteiger partial charge in [0.15, 0.2) is 0 Å². The number of likely N-dealkylation sites (tertiary alicyclic amines) is 1. The summed E-state index contributed by atoms with van der Waals surface area (Å²) in [4.78, 5) is 25.4. The summed E-state index contributed by atoms with van der Waals surface area (Å²) in [6.45, 7) is 2.81. The van der Waals surface area contributed by atoms with Crippen molar-refractivity contribution in [1.29, 1.82) is 0 Å². The quantitative estimate of drug-likeness (QED) is 0.774. The van der Waals surface area contributed by atoms with Gasteiger partial charge in [0.1, 0.15) is 5.75 Å². The molecule has 130 valence electrons. The van der Waals surface area contributed by atoms with E-state index in [-0.39, 0.29) is 11.8 Å². The van der Waals surface area contributed by atoms with E-state index in [1.54, 1.807) is 0 Å². The van der Waals surface area contributed by atoms with Gasteiger partial charge in [-0.15, -0.1) is 0 Å². The van der Waals surface area contributed by atoms with E-state index in [2.05, 4.69) is 5.32 Å². The third kappa shape index (κ3) is 4.06. The molecule has 2 aliphatic rings. The molecule has 0 aliphatic carbocycles. The average Bonchev–Trinajstić information content (AvgIpc) is 3.08. The van der Waals surface area contributed by atoms with Crippen LogP contribution in [0.15, 0.2) is 18.2 Å². The summed E-state index contributed by atoms with van der Waals surface area (Å²) >= 11 is 0. The predicted molar refractivity (Wildman–Crippen MR) is 91.9 cm³/mol. The standard InChI is InChI=1S/C18H25N3O3/c19-11-13-7-8-21(12-13)18(23)2-1-9-24-15-4-5-16-14(10-15)3-6-17(22)20-16/h4-5,10,13H,1-3,6-9,11-12,19H2,(H,20,22). The highest BCUT2D eigenvalue weighted by molar-refractivity contribution is 5.94. The molecule has 2 aliphatic heterocycles. The fourth-order valence-corrected chi connectivity index (χ4v) is 3.27. The monoisotopic (exact) mass is 331 g/mol. The van der Waals surface area contributed by atoms with Crippen LogP contribution in [0.4, 0.5) is 5.69 Å². The van der Waals surface area contributed by atoms with Gasteiger partial charge in [-0.1, -0.05) is 0 Å². The lowest BCUT2D eigenvalue weighted by Crippen LogP contribution is -2.29. The Balaban J connectivity index is 1.41. The summed E-state index contributed by atoms with van der Waals surface area (Å²) in [5.74, 6) is 1.51. The zero-order valence-electron chi connectivity index (χ0n) is 13.9. The molecular weight excluding hydrogens is 306 g/mol. The summed E-state index contributed by atoms with van der Waals surface area (Å²) in [7, 11) is 0. The molecule has 0 bridgehead atoms. The molecule has 3 rings (SSSR count). The zero-order chi connectivity index (χ0) is 16.9. The van der Waals surface area contributed by atoms with Crippen LogP contribution in [0.5, 0.6) is 5.75 Å². The van der Waals surface area contributed by atoms with Crippen LogP contribution in [0.3, 0.4) is 0 Å². The SMILES string of the molecule is NCC1CCN(C(=O)CCCOc2ccc3c(c2)CCC(=O)N3)C1. The number of ether oxygens (including phenoxy) is 1. The van der Waals surface area contributed by atoms with Gasteiger partial charge in [0.05, 0.1) is 6.61 Å². The number of hydrogen-bond acceptors (Lipinski definition) is 4. The Morgan fingerprint density at radius 1 is 1.38 bits per heavy atom. The number of rotatable bonds is 6. The Labute approximate surface area is 142 Å². The van der Waals surface area contributed by atoms with Crippen molar-refractivity contribution in [3.63, 3.8) is 0 Å². The van der Waals surface area contributed by atoms with Crippen molar-refractivity contribution < 1.29 is 14.3 Å². The first kappa shape index (κ1) is 16.8. The van der Waals surface area contributed by atoms with Crippen LogP contribution in [0.1, 0.15) is 31.2 Å². The normalized spacial score (nSPS) is 19.8. The molecule has 2 heterocycles. The number of fused-ring (bicyclic) bond motifs is 1. The maximum absolute atomic E-state index is 12.1. The number of amides is 2. The number of nitrogens with two attached hydrogens (primary N) is 1. The minimum absolute atomic E-state index is 0.0634. The number of carbonyl (C=O) groups is 2. The lowest BCUT2D eigenvalue weighted by atomic mass is 10.0. The largest absolute Gasteiger partial charge is 0.494 e. The van der Waals surface area contributed by atoms with Gasteiger partial charge < -0.3 is 20.7 Å². The number of nitrogens with zero attached hydrogens (tertiary/aromatic N) is 1. The number of nitrogens with one attached hydrogen (secondary N) is 1. The average molecular weight is 331 g/mol. The van der Waals surface area contributed by atoms with Gasteiger partial charge in [0.2, 0.25) is 11.8 Å². The van der Waals surface area contributed by atoms with Crippen molar-refractivity contribution in [2.24, 2.45) is 11.7 Å². The van der Waals surface area contributed by atoms with E-state index in [9.17, 15) is 9.59 Å². The zero-order valence-corrected chi connectivity index (χ0v) is 13.9. The van der Waals surface area contributed by atoms with Crippen LogP contribution >= 0.6 is 0 Å². The first-order chi connectivity index (χ1) is 11.7. The second kappa shape index (κ2) is 7.66. The summed E-state index contributed by atoms with van der Waals surface area (Å²) in [6.07, 6.45) is 3.50. The van der Waals surface area contributed by atoms with E-state index < -0.39 is 0 Å². The van der Waals surface area contributed by atoms with Gasteiger partial charge in [-0.2, -0.15) is 0 Å². The van der Waals surface area contributed by atoms with Crippen molar-refractivity contribution in [2.75, 3.05) is 31.6 Å². The first-order valence-corrected chi connectivity index (χ1v) is 8.69. The van der Waals surface area contributed by atoms with Crippen LogP contribution in [-0.2, 0) is 16.0 Å². The number of aryl methyl sites for hydroxylation is 1. The second-order valence-electron chi connectivity index (χ2n) is 6.55. The van der Waals surface area contributed by atoms with Crippen molar-refractivity contribution in [2.45, 2.75) is 32.1 Å². The number of hydrogen-bond donors (Lipinski definition) is 2. The topological polar surface area (TPSA) is 84.7 Å². The van der Waals surface area contributed by atoms with Crippen molar-refractivity contribution in [3.8, 4) is 5.75 Å². The fourth-order valence-electron chi connectivity index (χ4n) is 3.27. The van der Waals surface area contributed by atoms with Crippen molar-refractivity contribution >= 4 is 17.5 Å². The van der Waals surface area contributed by atoms with Gasteiger partial charge in [-0.25, -0.2) is 0 Å². The highest BCUT2D eigenvalue weighted by atomic mass is 16.5. The molecule has 6 nitrogen and oxygen atoms in total. The van der Waals surface area contributed by atoms with E-state index in [1.807, 2.05) is 23.1 Å². The van der Waals surface area contributed by atoms with E-state index in [0.29, 0.717) is 38.3 Å². The van der Waals surface area contributed by atoms with Gasteiger partial charge in [-0.3, -0.25) is 9.59 Å². The van der Waals surface area contributed by atoms with E-state index in [1.165, 1.54) is 0 Å². The molecule has 2 amide bonds. The Hall–Kier alpha value is -2.08. The molecule has 1 saturated heterocycles. The van der Waals surface area contributed by atoms with Gasteiger partial charge in [0.25, 0.3) is 0 Å². The highest BCUT2D eigenvalue weighted by Crippen LogP contribution is 2.27. The van der Waals surface area contributed by atoms with Crippen LogP contribution in [0.25, 0.3) is 0 Å². The maximum Gasteiger partial charge on any atom is 0.224 e. The molecule has 1 unspecified atom stereocenters. The maximum atomic E-state index is 12.1. The van der Waals surface area contributed by atoms with Crippen LogP contribution in [-0.4, -0.2) is 43.0 Å². The molecule has 1 fully saturated rings. The Bertz CT molecular complexity index is 618. The highest BCUT2D eigenvalue weighted by Gasteiger charge is 2.24. The van der Waals surface area contributed by atoms with E-state index in [4.69, 9.17) is 10.5 Å². The van der Waals surface area contributed by atoms with Gasteiger partial charge in [-0.05, 0) is 55.5 Å². The lowest BCUT2D eigenvalue weighted by Gasteiger charge is -2.18. The van der Waals surface area contributed by atoms with Gasteiger partial charge >= 0.3 is 0 Å². The number of anilines is 1. The molecule has 0 spiro atoms. The summed E-state index contributed by atoms with van der Waals surface area (Å²) in [5.41, 5.74) is 7.63. The third-order valence-corrected chi connectivity index (χ3v) is 4.75. The summed E-state index contributed by atoms with van der Waals surface area (Å²) in [5, 5.41) is 2.86. The van der Waals surface area contributed by atoms with E-state index in [0.717, 1.165) is 42.9 Å². The Kier molecular flexibility index (Phi) is 5.35. The van der Waals surface area contributed by atoms with Crippen LogP contribution < -0.4 is 15.8 Å². The molecule has 1 aromatic rings. The lowest BCUT2D eigenvalue weighted by molar-refractivity contribution is -0.130. The van der Waals surface area contributed by atoms with Crippen molar-refractivity contribution in [3.05, 3.63) is 23.8 Å². The minimum atomic E-state index is 0.0634. The molecular formula is C18H25N3O3. The number of benzene rings is 1. The molecule has 6 heteroatoms. The smallest absolute Gasteiger partial charge is 0.224 e. The first-order valence-electron chi connectivity index (χ1n) is 8.69. The molecule has 0 radical (unpaired) electrons. The second-order valence-corrected chi connectivity index (χ2v) is 6.55. The summed E-state index contributed by atoms with van der Waals surface area (Å²) < 4.78 is 5.75. The van der Waals surface area contributed by atoms with Crippen LogP contribution in [0, 0.1) is 5.92 Å². The molecule has 3 N–H and O–H groups in total. The Morgan fingerprint density at radius 2 is 2.25 bits per heavy atom. The molecule has 24 heavy (non-hydrogen) atoms. The minimum Gasteiger partial charge on any atom is -0.494 e. The summed E-state index contributed by atoms with van der Waals surface area (Å²) in [6, 6.07) is 5.71. The molecule has 1 aromatic carbocycles. The predicted octanol–water partition coefficient (Wildman–Crippen LogP) is 1.54. The third-order valence-electron chi connectivity index (χ3n) is 4.75. The van der Waals surface area contributed by atoms with Crippen molar-refractivity contribution in [1.82, 2.24) is 4.90 Å². The molecule has 1 atom stereocenters. The molecule has 0 aromatic heterocycles. The van der Waals surface area contributed by atoms with Gasteiger partial charge in [0, 0.05) is 31.6 Å². The fraction of sp³-hybridized carbons (Fsp3) is 0.556. The Morgan fingerprint density at radius 3 is 3.04 bits per heavy atom. The molecule has 0 saturated carbocycles. The van der Waals surface area contributed by atoms with Crippen LogP contribution in [0.2, 0.25) is 0 Å². The van der Waals surface area contributed by atoms with E-state index >= 15 is 0 Å².